The molecule has 0 heterocycles. The molecule has 0 aliphatic rings. The lowest BCUT2D eigenvalue weighted by Crippen LogP contribution is -2.35. The molecule has 0 radical (unpaired) electrons. The fraction of sp³-hybridized carbons (Fsp3) is 1.00. The maximum Gasteiger partial charge on any atom is 0.409 e. The van der Waals surface area contributed by atoms with Crippen molar-refractivity contribution < 1.29 is 13.2 Å². The van der Waals surface area contributed by atoms with Crippen LogP contribution in [-0.2, 0) is 0 Å². The van der Waals surface area contributed by atoms with E-state index in [1.54, 1.807) is 0 Å². The van der Waals surface area contributed by atoms with E-state index in [-0.39, 0.29) is 0 Å². The number of rotatable bonds is 0. The maximum absolute atomic E-state index is 11.6. The largest absolute Gasteiger partial charge is 0.409 e. The summed E-state index contributed by atoms with van der Waals surface area (Å²) in [6, 6.07) is 0. The lowest BCUT2D eigenvalue weighted by atomic mass is 10.5. The Hall–Kier alpha value is 1.82. The molecule has 0 rings (SSSR count). The van der Waals surface area contributed by atoms with Gasteiger partial charge in [0.25, 0.3) is 0 Å². The van der Waals surface area contributed by atoms with Crippen molar-refractivity contribution in [3.05, 3.63) is 0 Å². The summed E-state index contributed by atoms with van der Waals surface area (Å²) in [5, 5.41) is -2.47. The van der Waals surface area contributed by atoms with E-state index in [1.165, 1.54) is 0 Å². The van der Waals surface area contributed by atoms with Gasteiger partial charge in [-0.25, -0.2) is 0 Å². The molecule has 100 valence electrons. The molecule has 0 saturated carbocycles. The van der Waals surface area contributed by atoms with Gasteiger partial charge in [-0.2, -0.15) is 13.2 Å². The normalized spacial score (nSPS) is 15.2. The molecule has 1 atom stereocenters. The van der Waals surface area contributed by atoms with Gasteiger partial charge in [-0.15, -0.1) is 11.6 Å². The first-order valence-corrected chi connectivity index (χ1v) is 6.26. The second-order valence-corrected chi connectivity index (χ2v) is 7.74. The summed E-state index contributed by atoms with van der Waals surface area (Å²) in [4.78, 5) is 0. The molecule has 0 aromatic rings. The lowest BCUT2D eigenvalue weighted by molar-refractivity contribution is -0.129. The number of hydrogen-bond donors (Lipinski definition) is 0. The third kappa shape index (κ3) is 12.3. The van der Waals surface area contributed by atoms with Crippen molar-refractivity contribution in [3.8, 4) is 0 Å². The van der Waals surface area contributed by atoms with Crippen molar-refractivity contribution in [1.82, 2.24) is 0 Å². The van der Waals surface area contributed by atoms with E-state index in [0.29, 0.717) is 6.42 Å². The van der Waals surface area contributed by atoms with Crippen LogP contribution in [0.1, 0.15) is 13.3 Å². The predicted molar refractivity (Wildman–Crippen MR) is 66.6 cm³/mol. The Morgan fingerprint density at radius 2 is 1.19 bits per heavy atom. The van der Waals surface area contributed by atoms with Crippen molar-refractivity contribution in [2.75, 3.05) is 0 Å². The first-order chi connectivity index (χ1) is 6.72. The molecular formula is C6H6Cl7F3. The van der Waals surface area contributed by atoms with Gasteiger partial charge in [0.05, 0.1) is 0 Å². The lowest BCUT2D eigenvalue weighted by Gasteiger charge is -2.20. The van der Waals surface area contributed by atoms with Crippen molar-refractivity contribution >= 4 is 81.2 Å². The zero-order chi connectivity index (χ0) is 13.8. The van der Waals surface area contributed by atoms with Gasteiger partial charge < -0.3 is 0 Å². The minimum absolute atomic E-state index is 0.567. The fourth-order valence-corrected chi connectivity index (χ4v) is 0.557. The van der Waals surface area contributed by atoms with Crippen molar-refractivity contribution in [2.45, 2.75) is 32.5 Å². The van der Waals surface area contributed by atoms with Crippen LogP contribution in [0.15, 0.2) is 0 Å². The van der Waals surface area contributed by atoms with E-state index in [4.69, 9.17) is 81.2 Å². The molecule has 0 bridgehead atoms. The van der Waals surface area contributed by atoms with Crippen molar-refractivity contribution in [1.29, 1.82) is 0 Å². The molecule has 0 fully saturated rings. The predicted octanol–water partition coefficient (Wildman–Crippen LogP) is 6.29. The minimum Gasteiger partial charge on any atom is -0.169 e. The molecule has 0 spiro atoms. The second kappa shape index (κ2) is 7.42. The molecule has 1 unspecified atom stereocenters. The Bertz CT molecular complexity index is 178. The van der Waals surface area contributed by atoms with Crippen LogP contribution >= 0.6 is 81.2 Å². The smallest absolute Gasteiger partial charge is 0.169 e. The molecule has 0 saturated heterocycles. The van der Waals surface area contributed by atoms with E-state index in [0.717, 1.165) is 0 Å². The van der Waals surface area contributed by atoms with Crippen LogP contribution in [0.2, 0.25) is 0 Å². The molecule has 16 heavy (non-hydrogen) atoms. The van der Waals surface area contributed by atoms with Crippen LogP contribution in [-0.4, -0.2) is 19.1 Å². The molecule has 0 aromatic carbocycles. The van der Waals surface area contributed by atoms with E-state index in [2.05, 4.69) is 0 Å². The maximum atomic E-state index is 11.6. The highest BCUT2D eigenvalue weighted by molar-refractivity contribution is 6.70. The summed E-state index contributed by atoms with van der Waals surface area (Å²) in [6.45, 7) is 1.81. The zero-order valence-electron chi connectivity index (χ0n) is 7.56. The molecule has 0 aliphatic heterocycles. The quantitative estimate of drug-likeness (QED) is 0.431. The molecule has 0 nitrogen and oxygen atoms in total. The first-order valence-electron chi connectivity index (χ1n) is 3.56. The molecule has 0 amide bonds. The Morgan fingerprint density at radius 3 is 1.19 bits per heavy atom. The van der Waals surface area contributed by atoms with Gasteiger partial charge in [0, 0.05) is 0 Å². The Morgan fingerprint density at radius 1 is 0.938 bits per heavy atom. The van der Waals surface area contributed by atoms with Gasteiger partial charge in [-0.1, -0.05) is 76.5 Å². The highest BCUT2D eigenvalue weighted by atomic mass is 35.6. The van der Waals surface area contributed by atoms with Gasteiger partial charge in [-0.05, 0) is 6.42 Å². The topological polar surface area (TPSA) is 0 Å². The van der Waals surface area contributed by atoms with Gasteiger partial charge in [0.1, 0.15) is 0 Å². The van der Waals surface area contributed by atoms with Crippen LogP contribution in [0.5, 0.6) is 0 Å². The monoisotopic (exact) mass is 380 g/mol. The highest BCUT2D eigenvalue weighted by Gasteiger charge is 2.50. The van der Waals surface area contributed by atoms with Crippen LogP contribution in [0.25, 0.3) is 0 Å². The van der Waals surface area contributed by atoms with Crippen molar-refractivity contribution in [3.63, 3.8) is 0 Å². The SMILES string of the molecule is CCC(Cl)(Cl)Cl.FC(F)(F)C(Cl)C(Cl)(Cl)Cl. The Labute approximate surface area is 126 Å². The molecular weight excluding hydrogens is 377 g/mol. The van der Waals surface area contributed by atoms with E-state index in [1.807, 2.05) is 6.92 Å². The van der Waals surface area contributed by atoms with Crippen molar-refractivity contribution in [2.24, 2.45) is 0 Å². The summed E-state index contributed by atoms with van der Waals surface area (Å²) in [5.74, 6) is 0. The molecule has 0 aliphatic carbocycles. The average molecular weight is 383 g/mol. The summed E-state index contributed by atoms with van der Waals surface area (Å²) in [6.07, 6.45) is -4.12. The zero-order valence-corrected chi connectivity index (χ0v) is 12.9. The summed E-state index contributed by atoms with van der Waals surface area (Å²) < 4.78 is 31.1. The van der Waals surface area contributed by atoms with Crippen LogP contribution in [0, 0.1) is 0 Å². The third-order valence-electron chi connectivity index (χ3n) is 0.976. The van der Waals surface area contributed by atoms with Gasteiger partial charge in [0.2, 0.25) is 3.79 Å². The van der Waals surface area contributed by atoms with Gasteiger partial charge in [-0.3, -0.25) is 0 Å². The molecule has 0 aromatic heterocycles. The van der Waals surface area contributed by atoms with E-state index >= 15 is 0 Å². The standard InChI is InChI=1S/C3HCl4F3.C3H5Cl3/c4-1(2(5,6)7)3(8,9)10;1-2-3(4,5)6/h1H;2H2,1H3. The fourth-order valence-electron chi connectivity index (χ4n) is 0.186. The first kappa shape index (κ1) is 20.1. The highest BCUT2D eigenvalue weighted by Crippen LogP contribution is 2.42. The Kier molecular flexibility index (Phi) is 9.34. The number of halogens is 10. The number of alkyl halides is 10. The van der Waals surface area contributed by atoms with Gasteiger partial charge in [0.15, 0.2) is 9.17 Å². The molecule has 0 N–H and O–H groups in total. The number of hydrogen-bond acceptors (Lipinski definition) is 0. The minimum atomic E-state index is -4.69. The average Bonchev–Trinajstić information content (AvgIpc) is 1.99. The summed E-state index contributed by atoms with van der Waals surface area (Å²) in [7, 11) is 0. The van der Waals surface area contributed by atoms with E-state index < -0.39 is 19.1 Å². The second-order valence-electron chi connectivity index (χ2n) is 2.41. The van der Waals surface area contributed by atoms with Gasteiger partial charge >= 0.3 is 6.18 Å². The van der Waals surface area contributed by atoms with E-state index in [9.17, 15) is 13.2 Å². The third-order valence-corrected chi connectivity index (χ3v) is 3.34. The van der Waals surface area contributed by atoms with Crippen LogP contribution in [0.3, 0.4) is 0 Å². The Balaban J connectivity index is 0. The van der Waals surface area contributed by atoms with Crippen LogP contribution in [0.4, 0.5) is 13.2 Å². The summed E-state index contributed by atoms with van der Waals surface area (Å²) in [5.41, 5.74) is 0. The molecule has 10 heteroatoms. The van der Waals surface area contributed by atoms with Crippen LogP contribution < -0.4 is 0 Å². The summed E-state index contributed by atoms with van der Waals surface area (Å²) >= 11 is 35.0.